The molecule has 0 aliphatic heterocycles. The Hall–Kier alpha value is -1.85. The molecule has 0 radical (unpaired) electrons. The largest absolute Gasteiger partial charge is 0.479 e. The van der Waals surface area contributed by atoms with E-state index in [-0.39, 0.29) is 5.91 Å². The average molecular weight is 321 g/mol. The molecule has 128 valence electrons. The number of aliphatic carboxylic acids is 1. The van der Waals surface area contributed by atoms with Crippen molar-refractivity contribution in [3.8, 4) is 0 Å². The number of anilines is 1. The summed E-state index contributed by atoms with van der Waals surface area (Å²) >= 11 is 0. The first-order valence-corrected chi connectivity index (χ1v) is 8.39. The number of carboxylic acid groups (broad SMARTS) is 1. The Kier molecular flexibility index (Phi) is 5.44. The van der Waals surface area contributed by atoms with Gasteiger partial charge in [-0.1, -0.05) is 39.0 Å². The van der Waals surface area contributed by atoms with E-state index in [9.17, 15) is 14.7 Å². The molecule has 1 aliphatic carbocycles. The molecular weight excluding hydrogens is 294 g/mol. The predicted octanol–water partition coefficient (Wildman–Crippen LogP) is 3.25. The molecule has 0 spiro atoms. The zero-order valence-electron chi connectivity index (χ0n) is 14.2. The molecule has 1 atom stereocenters. The molecule has 2 rings (SSSR count). The summed E-state index contributed by atoms with van der Waals surface area (Å²) in [5, 5.41) is 16.1. The molecule has 1 unspecified atom stereocenters. The molecule has 1 fully saturated rings. The van der Waals surface area contributed by atoms with Gasteiger partial charge >= 0.3 is 5.97 Å². The summed E-state index contributed by atoms with van der Waals surface area (Å²) in [5.74, 6) is 0.0177. The van der Waals surface area contributed by atoms with E-state index in [0.29, 0.717) is 23.9 Å². The maximum atomic E-state index is 12.2. The van der Waals surface area contributed by atoms with Crippen molar-refractivity contribution in [2.75, 3.05) is 5.32 Å². The molecule has 1 saturated carbocycles. The summed E-state index contributed by atoms with van der Waals surface area (Å²) < 4.78 is 1.36. The van der Waals surface area contributed by atoms with Crippen LogP contribution in [0.25, 0.3) is 0 Å². The number of hydrogen-bond donors (Lipinski definition) is 2. The fourth-order valence-electron chi connectivity index (χ4n) is 3.17. The second kappa shape index (κ2) is 7.15. The predicted molar refractivity (Wildman–Crippen MR) is 88.2 cm³/mol. The molecule has 0 saturated heterocycles. The number of rotatable bonds is 6. The van der Waals surface area contributed by atoms with Gasteiger partial charge in [-0.05, 0) is 25.7 Å². The zero-order chi connectivity index (χ0) is 17.0. The van der Waals surface area contributed by atoms with Gasteiger partial charge in [-0.3, -0.25) is 9.48 Å². The standard InChI is InChI=1S/C17H27N3O3/c1-12(13-7-5-4-6-8-13)9-15(21)19-14-10-18-20(11-14)17(2,3)16(22)23/h10-13H,4-9H2,1-3H3,(H,19,21)(H,22,23). The normalized spacial score (nSPS) is 17.7. The first-order chi connectivity index (χ1) is 10.8. The van der Waals surface area contributed by atoms with Crippen LogP contribution in [-0.2, 0) is 15.1 Å². The molecule has 1 aromatic heterocycles. The fraction of sp³-hybridized carbons (Fsp3) is 0.706. The van der Waals surface area contributed by atoms with Crippen molar-refractivity contribution in [3.05, 3.63) is 12.4 Å². The maximum Gasteiger partial charge on any atom is 0.331 e. The van der Waals surface area contributed by atoms with Crippen molar-refractivity contribution in [1.82, 2.24) is 9.78 Å². The molecule has 2 N–H and O–H groups in total. The number of aromatic nitrogens is 2. The van der Waals surface area contributed by atoms with E-state index in [4.69, 9.17) is 0 Å². The van der Waals surface area contributed by atoms with Crippen LogP contribution < -0.4 is 5.32 Å². The van der Waals surface area contributed by atoms with Crippen LogP contribution in [0.1, 0.15) is 59.3 Å². The summed E-state index contributed by atoms with van der Waals surface area (Å²) in [7, 11) is 0. The van der Waals surface area contributed by atoms with Crippen molar-refractivity contribution >= 4 is 17.6 Å². The van der Waals surface area contributed by atoms with Crippen LogP contribution in [0.4, 0.5) is 5.69 Å². The molecule has 6 heteroatoms. The molecule has 1 aromatic rings. The van der Waals surface area contributed by atoms with Crippen LogP contribution in [0.2, 0.25) is 0 Å². The highest BCUT2D eigenvalue weighted by molar-refractivity contribution is 5.90. The van der Waals surface area contributed by atoms with Gasteiger partial charge in [-0.15, -0.1) is 0 Å². The van der Waals surface area contributed by atoms with Gasteiger partial charge in [0, 0.05) is 12.6 Å². The summed E-state index contributed by atoms with van der Waals surface area (Å²) in [6.07, 6.45) is 9.86. The number of nitrogens with zero attached hydrogens (tertiary/aromatic N) is 2. The molecule has 6 nitrogen and oxygen atoms in total. The first-order valence-electron chi connectivity index (χ1n) is 8.39. The molecule has 1 aliphatic rings. The van der Waals surface area contributed by atoms with Crippen molar-refractivity contribution in [2.45, 2.75) is 64.8 Å². The summed E-state index contributed by atoms with van der Waals surface area (Å²) in [4.78, 5) is 23.4. The second-order valence-corrected chi connectivity index (χ2v) is 7.17. The van der Waals surface area contributed by atoms with Gasteiger partial charge < -0.3 is 10.4 Å². The Balaban J connectivity index is 1.90. The van der Waals surface area contributed by atoms with Gasteiger partial charge in [0.25, 0.3) is 0 Å². The molecule has 0 bridgehead atoms. The molecule has 1 amide bonds. The lowest BCUT2D eigenvalue weighted by atomic mass is 9.79. The van der Waals surface area contributed by atoms with Crippen molar-refractivity contribution in [3.63, 3.8) is 0 Å². The Morgan fingerprint density at radius 2 is 2.04 bits per heavy atom. The van der Waals surface area contributed by atoms with Gasteiger partial charge in [0.05, 0.1) is 11.9 Å². The lowest BCUT2D eigenvalue weighted by molar-refractivity contribution is -0.146. The average Bonchev–Trinajstić information content (AvgIpc) is 2.97. The Morgan fingerprint density at radius 3 is 2.65 bits per heavy atom. The van der Waals surface area contributed by atoms with E-state index in [1.807, 2.05) is 0 Å². The third-order valence-corrected chi connectivity index (χ3v) is 4.92. The molecule has 1 heterocycles. The highest BCUT2D eigenvalue weighted by atomic mass is 16.4. The van der Waals surface area contributed by atoms with Gasteiger partial charge in [0.2, 0.25) is 5.91 Å². The Labute approximate surface area is 137 Å². The zero-order valence-corrected chi connectivity index (χ0v) is 14.2. The number of carboxylic acids is 1. The molecular formula is C17H27N3O3. The van der Waals surface area contributed by atoms with Crippen molar-refractivity contribution in [1.29, 1.82) is 0 Å². The first kappa shape index (κ1) is 17.5. The minimum atomic E-state index is -1.14. The van der Waals surface area contributed by atoms with Gasteiger partial charge in [-0.25, -0.2) is 4.79 Å². The Bertz CT molecular complexity index is 559. The van der Waals surface area contributed by atoms with Gasteiger partial charge in [-0.2, -0.15) is 5.10 Å². The summed E-state index contributed by atoms with van der Waals surface area (Å²) in [5.41, 5.74) is -0.599. The van der Waals surface area contributed by atoms with Crippen LogP contribution in [0.5, 0.6) is 0 Å². The highest BCUT2D eigenvalue weighted by Gasteiger charge is 2.30. The lowest BCUT2D eigenvalue weighted by Crippen LogP contribution is -2.35. The van der Waals surface area contributed by atoms with Gasteiger partial charge in [0.1, 0.15) is 0 Å². The molecule has 0 aromatic carbocycles. The molecule has 23 heavy (non-hydrogen) atoms. The smallest absolute Gasteiger partial charge is 0.331 e. The van der Waals surface area contributed by atoms with E-state index in [1.165, 1.54) is 43.0 Å². The van der Waals surface area contributed by atoms with Crippen LogP contribution in [0.3, 0.4) is 0 Å². The SMILES string of the molecule is CC(CC(=O)Nc1cnn(C(C)(C)C(=O)O)c1)C1CCCCC1. The number of carbonyl (C=O) groups is 2. The minimum Gasteiger partial charge on any atom is -0.479 e. The van der Waals surface area contributed by atoms with E-state index in [1.54, 1.807) is 20.0 Å². The summed E-state index contributed by atoms with van der Waals surface area (Å²) in [6.45, 7) is 5.28. The summed E-state index contributed by atoms with van der Waals surface area (Å²) in [6, 6.07) is 0. The topological polar surface area (TPSA) is 84.2 Å². The van der Waals surface area contributed by atoms with E-state index >= 15 is 0 Å². The number of nitrogens with one attached hydrogen (secondary N) is 1. The second-order valence-electron chi connectivity index (χ2n) is 7.17. The van der Waals surface area contributed by atoms with E-state index in [0.717, 1.165) is 0 Å². The lowest BCUT2D eigenvalue weighted by Gasteiger charge is -2.27. The van der Waals surface area contributed by atoms with E-state index in [2.05, 4.69) is 17.3 Å². The van der Waals surface area contributed by atoms with Crippen LogP contribution >= 0.6 is 0 Å². The van der Waals surface area contributed by atoms with Crippen molar-refractivity contribution < 1.29 is 14.7 Å². The van der Waals surface area contributed by atoms with Gasteiger partial charge in [0.15, 0.2) is 5.54 Å². The Morgan fingerprint density at radius 1 is 1.39 bits per heavy atom. The van der Waals surface area contributed by atoms with Crippen LogP contribution in [0, 0.1) is 11.8 Å². The quantitative estimate of drug-likeness (QED) is 0.842. The highest BCUT2D eigenvalue weighted by Crippen LogP contribution is 2.31. The third-order valence-electron chi connectivity index (χ3n) is 4.92. The minimum absolute atomic E-state index is 0.0317. The third kappa shape index (κ3) is 4.33. The van der Waals surface area contributed by atoms with Crippen LogP contribution in [0.15, 0.2) is 12.4 Å². The number of hydrogen-bond acceptors (Lipinski definition) is 3. The number of carbonyl (C=O) groups excluding carboxylic acids is 1. The van der Waals surface area contributed by atoms with Crippen LogP contribution in [-0.4, -0.2) is 26.8 Å². The monoisotopic (exact) mass is 321 g/mol. The maximum absolute atomic E-state index is 12.2. The fourth-order valence-corrected chi connectivity index (χ4v) is 3.17. The number of amides is 1. The van der Waals surface area contributed by atoms with E-state index < -0.39 is 11.5 Å². The van der Waals surface area contributed by atoms with Crippen molar-refractivity contribution in [2.24, 2.45) is 11.8 Å².